The fourth-order valence-corrected chi connectivity index (χ4v) is 2.41. The van der Waals surface area contributed by atoms with Crippen LogP contribution < -0.4 is 5.73 Å². The van der Waals surface area contributed by atoms with E-state index in [2.05, 4.69) is 6.92 Å². The van der Waals surface area contributed by atoms with Crippen molar-refractivity contribution >= 4 is 0 Å². The van der Waals surface area contributed by atoms with E-state index in [1.807, 2.05) is 0 Å². The Kier molecular flexibility index (Phi) is 8.59. The number of hydrogen-bond acceptors (Lipinski definition) is 4. The van der Waals surface area contributed by atoms with Crippen molar-refractivity contribution in [3.05, 3.63) is 0 Å². The Labute approximate surface area is 111 Å². The monoisotopic (exact) mass is 259 g/mol. The summed E-state index contributed by atoms with van der Waals surface area (Å²) < 4.78 is 11.2. The Morgan fingerprint density at radius 1 is 1.28 bits per heavy atom. The number of rotatable bonds is 9. The van der Waals surface area contributed by atoms with Crippen LogP contribution in [0.3, 0.4) is 0 Å². The van der Waals surface area contributed by atoms with E-state index in [1.165, 1.54) is 12.8 Å². The van der Waals surface area contributed by atoms with Gasteiger partial charge in [-0.1, -0.05) is 26.2 Å². The SMILES string of the molecule is CCCCOCC(O)COC1CCCCC1CN. The molecule has 0 radical (unpaired) electrons. The van der Waals surface area contributed by atoms with Crippen LogP contribution in [0, 0.1) is 5.92 Å². The third-order valence-corrected chi connectivity index (χ3v) is 3.60. The maximum Gasteiger partial charge on any atom is 0.101 e. The minimum atomic E-state index is -0.512. The maximum absolute atomic E-state index is 9.76. The Morgan fingerprint density at radius 2 is 2.06 bits per heavy atom. The normalized spacial score (nSPS) is 26.2. The zero-order valence-electron chi connectivity index (χ0n) is 11.6. The Balaban J connectivity index is 2.10. The molecule has 3 atom stereocenters. The molecule has 0 aromatic rings. The molecule has 1 aliphatic carbocycles. The lowest BCUT2D eigenvalue weighted by atomic mass is 9.86. The van der Waals surface area contributed by atoms with Gasteiger partial charge < -0.3 is 20.3 Å². The molecule has 0 aromatic heterocycles. The van der Waals surface area contributed by atoms with Gasteiger partial charge in [0.05, 0.1) is 19.3 Å². The minimum Gasteiger partial charge on any atom is -0.388 e. The van der Waals surface area contributed by atoms with Crippen LogP contribution in [-0.4, -0.2) is 43.7 Å². The predicted octanol–water partition coefficient (Wildman–Crippen LogP) is 1.70. The molecule has 1 aliphatic rings. The van der Waals surface area contributed by atoms with E-state index >= 15 is 0 Å². The van der Waals surface area contributed by atoms with Crippen LogP contribution in [-0.2, 0) is 9.47 Å². The van der Waals surface area contributed by atoms with Crippen LogP contribution in [0.1, 0.15) is 45.4 Å². The summed E-state index contributed by atoms with van der Waals surface area (Å²) in [5, 5.41) is 9.76. The van der Waals surface area contributed by atoms with Gasteiger partial charge in [0.15, 0.2) is 0 Å². The van der Waals surface area contributed by atoms with Crippen molar-refractivity contribution in [3.63, 3.8) is 0 Å². The molecule has 0 aromatic carbocycles. The van der Waals surface area contributed by atoms with Crippen LogP contribution >= 0.6 is 0 Å². The first-order chi connectivity index (χ1) is 8.77. The second kappa shape index (κ2) is 9.73. The predicted molar refractivity (Wildman–Crippen MR) is 72.5 cm³/mol. The van der Waals surface area contributed by atoms with Gasteiger partial charge in [0.2, 0.25) is 0 Å². The second-order valence-corrected chi connectivity index (χ2v) is 5.23. The number of aliphatic hydroxyl groups excluding tert-OH is 1. The Bertz CT molecular complexity index is 201. The molecule has 4 nitrogen and oxygen atoms in total. The highest BCUT2D eigenvalue weighted by molar-refractivity contribution is 4.77. The highest BCUT2D eigenvalue weighted by atomic mass is 16.5. The van der Waals surface area contributed by atoms with Gasteiger partial charge in [0, 0.05) is 6.61 Å². The molecule has 0 saturated heterocycles. The van der Waals surface area contributed by atoms with Crippen molar-refractivity contribution in [3.8, 4) is 0 Å². The number of nitrogens with two attached hydrogens (primary N) is 1. The fraction of sp³-hybridized carbons (Fsp3) is 1.00. The summed E-state index contributed by atoms with van der Waals surface area (Å²) in [6.07, 6.45) is 6.58. The van der Waals surface area contributed by atoms with Crippen molar-refractivity contribution in [2.45, 2.75) is 57.7 Å². The first-order valence-corrected chi connectivity index (χ1v) is 7.35. The van der Waals surface area contributed by atoms with Gasteiger partial charge in [-0.05, 0) is 31.7 Å². The zero-order valence-corrected chi connectivity index (χ0v) is 11.6. The second-order valence-electron chi connectivity index (χ2n) is 5.23. The zero-order chi connectivity index (χ0) is 13.2. The lowest BCUT2D eigenvalue weighted by Gasteiger charge is -2.31. The third kappa shape index (κ3) is 6.14. The molecule has 1 fully saturated rings. The van der Waals surface area contributed by atoms with Gasteiger partial charge in [0.25, 0.3) is 0 Å². The molecule has 108 valence electrons. The standard InChI is InChI=1S/C14H29NO3/c1-2-3-8-17-10-13(16)11-18-14-7-5-4-6-12(14)9-15/h12-14,16H,2-11,15H2,1H3. The molecular weight excluding hydrogens is 230 g/mol. The highest BCUT2D eigenvalue weighted by Gasteiger charge is 2.25. The van der Waals surface area contributed by atoms with Crippen LogP contribution in [0.2, 0.25) is 0 Å². The van der Waals surface area contributed by atoms with Gasteiger partial charge in [-0.25, -0.2) is 0 Å². The van der Waals surface area contributed by atoms with Crippen LogP contribution in [0.4, 0.5) is 0 Å². The lowest BCUT2D eigenvalue weighted by molar-refractivity contribution is -0.0693. The van der Waals surface area contributed by atoms with Gasteiger partial charge in [-0.2, -0.15) is 0 Å². The number of hydrogen-bond donors (Lipinski definition) is 2. The van der Waals surface area contributed by atoms with Crippen molar-refractivity contribution in [2.24, 2.45) is 11.7 Å². The average molecular weight is 259 g/mol. The van der Waals surface area contributed by atoms with Crippen molar-refractivity contribution < 1.29 is 14.6 Å². The van der Waals surface area contributed by atoms with E-state index in [0.717, 1.165) is 32.3 Å². The van der Waals surface area contributed by atoms with Crippen LogP contribution in [0.25, 0.3) is 0 Å². The molecule has 0 aliphatic heterocycles. The summed E-state index contributed by atoms with van der Waals surface area (Å²) in [5.74, 6) is 0.465. The van der Waals surface area contributed by atoms with Crippen molar-refractivity contribution in [2.75, 3.05) is 26.4 Å². The first kappa shape index (κ1) is 15.9. The van der Waals surface area contributed by atoms with Gasteiger partial charge in [0.1, 0.15) is 6.10 Å². The molecular formula is C14H29NO3. The lowest BCUT2D eigenvalue weighted by Crippen LogP contribution is -2.35. The molecule has 1 saturated carbocycles. The topological polar surface area (TPSA) is 64.7 Å². The third-order valence-electron chi connectivity index (χ3n) is 3.60. The van der Waals surface area contributed by atoms with Crippen molar-refractivity contribution in [1.29, 1.82) is 0 Å². The van der Waals surface area contributed by atoms with Crippen molar-refractivity contribution in [1.82, 2.24) is 0 Å². The molecule has 0 amide bonds. The average Bonchev–Trinajstić information content (AvgIpc) is 2.41. The molecule has 18 heavy (non-hydrogen) atoms. The summed E-state index contributed by atoms with van der Waals surface area (Å²) in [5.41, 5.74) is 5.75. The number of unbranched alkanes of at least 4 members (excludes halogenated alkanes) is 1. The summed E-state index contributed by atoms with van der Waals surface area (Å²) >= 11 is 0. The summed E-state index contributed by atoms with van der Waals surface area (Å²) in [6, 6.07) is 0. The number of aliphatic hydroxyl groups is 1. The van der Waals surface area contributed by atoms with E-state index in [4.69, 9.17) is 15.2 Å². The van der Waals surface area contributed by atoms with E-state index in [9.17, 15) is 5.11 Å². The molecule has 0 spiro atoms. The Morgan fingerprint density at radius 3 is 2.78 bits per heavy atom. The molecule has 0 bridgehead atoms. The largest absolute Gasteiger partial charge is 0.388 e. The Hall–Kier alpha value is -0.160. The first-order valence-electron chi connectivity index (χ1n) is 7.35. The minimum absolute atomic E-state index is 0.231. The van der Waals surface area contributed by atoms with Gasteiger partial charge in [-0.3, -0.25) is 0 Å². The smallest absolute Gasteiger partial charge is 0.101 e. The van der Waals surface area contributed by atoms with E-state index in [0.29, 0.717) is 25.7 Å². The van der Waals surface area contributed by atoms with E-state index in [-0.39, 0.29) is 6.10 Å². The van der Waals surface area contributed by atoms with Gasteiger partial charge in [-0.15, -0.1) is 0 Å². The molecule has 4 heteroatoms. The van der Waals surface area contributed by atoms with E-state index in [1.54, 1.807) is 0 Å². The summed E-state index contributed by atoms with van der Waals surface area (Å²) in [4.78, 5) is 0. The summed E-state index contributed by atoms with van der Waals surface area (Å²) in [6.45, 7) is 4.28. The molecule has 3 unspecified atom stereocenters. The molecule has 0 heterocycles. The fourth-order valence-electron chi connectivity index (χ4n) is 2.41. The summed E-state index contributed by atoms with van der Waals surface area (Å²) in [7, 11) is 0. The maximum atomic E-state index is 9.76. The van der Waals surface area contributed by atoms with Crippen LogP contribution in [0.15, 0.2) is 0 Å². The quantitative estimate of drug-likeness (QED) is 0.619. The van der Waals surface area contributed by atoms with E-state index < -0.39 is 6.10 Å². The molecule has 1 rings (SSSR count). The highest BCUT2D eigenvalue weighted by Crippen LogP contribution is 2.26. The number of ether oxygens (including phenoxy) is 2. The molecule has 3 N–H and O–H groups in total. The van der Waals surface area contributed by atoms with Crippen LogP contribution in [0.5, 0.6) is 0 Å². The van der Waals surface area contributed by atoms with Gasteiger partial charge >= 0.3 is 0 Å².